The van der Waals surface area contributed by atoms with Gasteiger partial charge in [-0.1, -0.05) is 29.8 Å². The Kier molecular flexibility index (Phi) is 4.28. The Morgan fingerprint density at radius 1 is 1.00 bits per heavy atom. The van der Waals surface area contributed by atoms with Crippen molar-refractivity contribution < 1.29 is 8.42 Å². The van der Waals surface area contributed by atoms with Gasteiger partial charge < -0.3 is 0 Å². The van der Waals surface area contributed by atoms with Crippen LogP contribution in [0.4, 0.5) is 5.69 Å². The van der Waals surface area contributed by atoms with Gasteiger partial charge in [0.2, 0.25) is 0 Å². The van der Waals surface area contributed by atoms with Crippen LogP contribution in [0.2, 0.25) is 0 Å². The normalized spacial score (nSPS) is 11.6. The second-order valence-corrected chi connectivity index (χ2v) is 7.68. The van der Waals surface area contributed by atoms with Gasteiger partial charge in [-0.25, -0.2) is 8.42 Å². The number of aryl methyl sites for hydroxylation is 2. The van der Waals surface area contributed by atoms with Gasteiger partial charge in [-0.3, -0.25) is 9.29 Å². The molecule has 1 aromatic heterocycles. The molecule has 0 N–H and O–H groups in total. The van der Waals surface area contributed by atoms with E-state index >= 15 is 0 Å². The number of para-hydroxylation sites is 1. The van der Waals surface area contributed by atoms with Crippen molar-refractivity contribution in [2.24, 2.45) is 0 Å². The molecule has 0 aliphatic carbocycles. The molecule has 0 saturated carbocycles. The third-order valence-electron chi connectivity index (χ3n) is 3.99. The van der Waals surface area contributed by atoms with Crippen LogP contribution in [0, 0.1) is 13.8 Å². The van der Waals surface area contributed by atoms with Gasteiger partial charge in [0, 0.05) is 18.1 Å². The maximum Gasteiger partial charge on any atom is 0.266 e. The molecule has 0 amide bonds. The number of rotatable bonds is 4. The van der Waals surface area contributed by atoms with Crippen molar-refractivity contribution in [3.05, 3.63) is 65.9 Å². The number of pyridine rings is 1. The maximum absolute atomic E-state index is 13.2. The Labute approximate surface area is 142 Å². The molecular weight excluding hydrogens is 320 g/mol. The molecule has 4 nitrogen and oxygen atoms in total. The molecule has 0 aliphatic heterocycles. The van der Waals surface area contributed by atoms with Crippen LogP contribution in [0.3, 0.4) is 0 Å². The third kappa shape index (κ3) is 2.87. The van der Waals surface area contributed by atoms with E-state index in [2.05, 4.69) is 4.98 Å². The zero-order chi connectivity index (χ0) is 17.3. The minimum Gasteiger partial charge on any atom is -0.267 e. The highest BCUT2D eigenvalue weighted by molar-refractivity contribution is 7.93. The maximum atomic E-state index is 13.2. The van der Waals surface area contributed by atoms with E-state index in [0.717, 1.165) is 16.5 Å². The van der Waals surface area contributed by atoms with E-state index < -0.39 is 10.0 Å². The molecule has 1 heterocycles. The molecule has 3 rings (SSSR count). The summed E-state index contributed by atoms with van der Waals surface area (Å²) in [7, 11) is -3.69. The van der Waals surface area contributed by atoms with Crippen LogP contribution in [0.1, 0.15) is 18.1 Å². The molecule has 0 aliphatic rings. The van der Waals surface area contributed by atoms with E-state index in [-0.39, 0.29) is 4.90 Å². The molecule has 0 unspecified atom stereocenters. The molecule has 0 radical (unpaired) electrons. The zero-order valence-corrected chi connectivity index (χ0v) is 14.8. The van der Waals surface area contributed by atoms with E-state index in [1.54, 1.807) is 18.3 Å². The first-order chi connectivity index (χ1) is 11.4. The molecule has 0 atom stereocenters. The van der Waals surface area contributed by atoms with Crippen LogP contribution in [-0.2, 0) is 10.0 Å². The van der Waals surface area contributed by atoms with E-state index in [0.29, 0.717) is 17.7 Å². The molecule has 5 heteroatoms. The van der Waals surface area contributed by atoms with Crippen LogP contribution in [0.25, 0.3) is 10.9 Å². The lowest BCUT2D eigenvalue weighted by atomic mass is 10.2. The molecule has 3 aromatic rings. The highest BCUT2D eigenvalue weighted by Crippen LogP contribution is 2.28. The highest BCUT2D eigenvalue weighted by atomic mass is 32.2. The molecule has 0 fully saturated rings. The first-order valence-corrected chi connectivity index (χ1v) is 9.32. The highest BCUT2D eigenvalue weighted by Gasteiger charge is 2.26. The number of hydrogen-bond acceptors (Lipinski definition) is 3. The Hall–Kier alpha value is -2.40. The molecule has 0 spiro atoms. The fourth-order valence-electron chi connectivity index (χ4n) is 2.77. The standard InChI is InChI=1S/C19H20N2O2S/c1-4-21(17-10-8-14(2)9-11-17)24(22,23)18-7-5-6-16-12-15(3)13-20-19(16)18/h5-13H,4H2,1-3H3. The summed E-state index contributed by atoms with van der Waals surface area (Å²) in [5.74, 6) is 0. The summed E-state index contributed by atoms with van der Waals surface area (Å²) in [4.78, 5) is 4.60. The molecule has 24 heavy (non-hydrogen) atoms. The number of sulfonamides is 1. The first kappa shape index (κ1) is 16.5. The summed E-state index contributed by atoms with van der Waals surface area (Å²) in [5.41, 5.74) is 3.26. The van der Waals surface area contributed by atoms with Crippen molar-refractivity contribution in [3.63, 3.8) is 0 Å². The largest absolute Gasteiger partial charge is 0.267 e. The van der Waals surface area contributed by atoms with Gasteiger partial charge in [-0.15, -0.1) is 0 Å². The van der Waals surface area contributed by atoms with E-state index in [1.807, 2.05) is 57.2 Å². The minimum absolute atomic E-state index is 0.238. The van der Waals surface area contributed by atoms with Crippen LogP contribution in [0.15, 0.2) is 59.6 Å². The number of hydrogen-bond donors (Lipinski definition) is 0. The average molecular weight is 340 g/mol. The third-order valence-corrected chi connectivity index (χ3v) is 5.92. The van der Waals surface area contributed by atoms with Gasteiger partial charge in [0.1, 0.15) is 4.90 Å². The smallest absolute Gasteiger partial charge is 0.266 e. The summed E-state index contributed by atoms with van der Waals surface area (Å²) in [6.07, 6.45) is 1.70. The second kappa shape index (κ2) is 6.24. The van der Waals surface area contributed by atoms with Crippen LogP contribution < -0.4 is 4.31 Å². The monoisotopic (exact) mass is 340 g/mol. The van der Waals surface area contributed by atoms with E-state index in [4.69, 9.17) is 0 Å². The molecule has 0 bridgehead atoms. The Bertz CT molecular complexity index is 980. The van der Waals surface area contributed by atoms with Crippen molar-refractivity contribution in [2.75, 3.05) is 10.8 Å². The number of aromatic nitrogens is 1. The van der Waals surface area contributed by atoms with Crippen LogP contribution >= 0.6 is 0 Å². The quantitative estimate of drug-likeness (QED) is 0.719. The van der Waals surface area contributed by atoms with Crippen LogP contribution in [0.5, 0.6) is 0 Å². The van der Waals surface area contributed by atoms with E-state index in [9.17, 15) is 8.42 Å². The van der Waals surface area contributed by atoms with Gasteiger partial charge in [-0.05, 0) is 50.6 Å². The number of fused-ring (bicyclic) bond motifs is 1. The topological polar surface area (TPSA) is 50.3 Å². The van der Waals surface area contributed by atoms with Crippen molar-refractivity contribution in [2.45, 2.75) is 25.7 Å². The van der Waals surface area contributed by atoms with Gasteiger partial charge in [0.05, 0.1) is 11.2 Å². The Morgan fingerprint density at radius 3 is 2.38 bits per heavy atom. The Morgan fingerprint density at radius 2 is 1.71 bits per heavy atom. The lowest BCUT2D eigenvalue weighted by Crippen LogP contribution is -2.31. The molecule has 0 saturated heterocycles. The summed E-state index contributed by atoms with van der Waals surface area (Å²) >= 11 is 0. The summed E-state index contributed by atoms with van der Waals surface area (Å²) in [6, 6.07) is 14.7. The van der Waals surface area contributed by atoms with Gasteiger partial charge >= 0.3 is 0 Å². The number of anilines is 1. The molecule has 2 aromatic carbocycles. The number of nitrogens with zero attached hydrogens (tertiary/aromatic N) is 2. The SMILES string of the molecule is CCN(c1ccc(C)cc1)S(=O)(=O)c1cccc2cc(C)cnc12. The van der Waals surface area contributed by atoms with Crippen molar-refractivity contribution in [1.82, 2.24) is 4.98 Å². The van der Waals surface area contributed by atoms with E-state index in [1.165, 1.54) is 4.31 Å². The fourth-order valence-corrected chi connectivity index (χ4v) is 4.41. The zero-order valence-electron chi connectivity index (χ0n) is 14.0. The minimum atomic E-state index is -3.69. The Balaban J connectivity index is 2.17. The predicted octanol–water partition coefficient (Wildman–Crippen LogP) is 4.07. The summed E-state index contributed by atoms with van der Waals surface area (Å²) in [6.45, 7) is 6.11. The fraction of sp³-hybridized carbons (Fsp3) is 0.211. The predicted molar refractivity (Wildman–Crippen MR) is 97.9 cm³/mol. The van der Waals surface area contributed by atoms with Crippen molar-refractivity contribution >= 4 is 26.6 Å². The average Bonchev–Trinajstić information content (AvgIpc) is 2.56. The first-order valence-electron chi connectivity index (χ1n) is 7.88. The second-order valence-electron chi connectivity index (χ2n) is 5.85. The lowest BCUT2D eigenvalue weighted by Gasteiger charge is -2.23. The number of benzene rings is 2. The van der Waals surface area contributed by atoms with Crippen LogP contribution in [-0.4, -0.2) is 19.9 Å². The van der Waals surface area contributed by atoms with Gasteiger partial charge in [0.15, 0.2) is 0 Å². The lowest BCUT2D eigenvalue weighted by molar-refractivity contribution is 0.592. The van der Waals surface area contributed by atoms with Gasteiger partial charge in [0.25, 0.3) is 10.0 Å². The van der Waals surface area contributed by atoms with Crippen molar-refractivity contribution in [1.29, 1.82) is 0 Å². The summed E-state index contributed by atoms with van der Waals surface area (Å²) < 4.78 is 27.9. The summed E-state index contributed by atoms with van der Waals surface area (Å²) in [5, 5.41) is 0.830. The van der Waals surface area contributed by atoms with Gasteiger partial charge in [-0.2, -0.15) is 0 Å². The van der Waals surface area contributed by atoms with Crippen molar-refractivity contribution in [3.8, 4) is 0 Å². The molecular formula is C19H20N2O2S. The molecule has 124 valence electrons.